The van der Waals surface area contributed by atoms with Crippen molar-refractivity contribution in [1.29, 1.82) is 0 Å². The number of nitrogens with one attached hydrogen (secondary N) is 1. The summed E-state index contributed by atoms with van der Waals surface area (Å²) >= 11 is 0. The monoisotopic (exact) mass is 345 g/mol. The Labute approximate surface area is 138 Å². The maximum absolute atomic E-state index is 12.1. The topological polar surface area (TPSA) is 122 Å². The van der Waals surface area contributed by atoms with Crippen molar-refractivity contribution in [3.63, 3.8) is 0 Å². The summed E-state index contributed by atoms with van der Waals surface area (Å²) < 4.78 is 22.4. The second-order valence-electron chi connectivity index (χ2n) is 5.36. The first-order valence-electron chi connectivity index (χ1n) is 7.10. The van der Waals surface area contributed by atoms with E-state index in [2.05, 4.69) is 10.3 Å². The zero-order chi connectivity index (χ0) is 17.3. The first kappa shape index (κ1) is 16.3. The van der Waals surface area contributed by atoms with Gasteiger partial charge in [-0.25, -0.2) is 13.6 Å². The van der Waals surface area contributed by atoms with Crippen LogP contribution in [0.5, 0.6) is 0 Å². The average Bonchev–Trinajstić information content (AvgIpc) is 2.86. The SMILES string of the molecule is NS(=O)(=O)c1ccc(N=CC2C(=O)Nc3cc(CO)ccc32)cc1. The van der Waals surface area contributed by atoms with Crippen molar-refractivity contribution in [2.75, 3.05) is 5.32 Å². The van der Waals surface area contributed by atoms with Gasteiger partial charge in [-0.15, -0.1) is 0 Å². The van der Waals surface area contributed by atoms with Gasteiger partial charge >= 0.3 is 0 Å². The lowest BCUT2D eigenvalue weighted by Crippen LogP contribution is -2.13. The van der Waals surface area contributed by atoms with Gasteiger partial charge in [0.1, 0.15) is 5.92 Å². The predicted molar refractivity (Wildman–Crippen MR) is 89.7 cm³/mol. The highest BCUT2D eigenvalue weighted by Gasteiger charge is 2.29. The second-order valence-corrected chi connectivity index (χ2v) is 6.93. The summed E-state index contributed by atoms with van der Waals surface area (Å²) in [5.41, 5.74) is 2.66. The molecule has 0 saturated carbocycles. The van der Waals surface area contributed by atoms with Gasteiger partial charge < -0.3 is 10.4 Å². The lowest BCUT2D eigenvalue weighted by Gasteiger charge is -2.04. The molecule has 1 amide bonds. The van der Waals surface area contributed by atoms with Crippen LogP contribution < -0.4 is 10.5 Å². The second kappa shape index (κ2) is 6.16. The van der Waals surface area contributed by atoms with Gasteiger partial charge in [0.2, 0.25) is 15.9 Å². The van der Waals surface area contributed by atoms with Crippen molar-refractivity contribution in [2.24, 2.45) is 10.1 Å². The Balaban J connectivity index is 1.84. The molecule has 1 atom stereocenters. The minimum absolute atomic E-state index is 0.00179. The molecule has 0 aliphatic carbocycles. The van der Waals surface area contributed by atoms with E-state index < -0.39 is 15.9 Å². The molecule has 0 radical (unpaired) electrons. The molecular formula is C16H15N3O4S. The van der Waals surface area contributed by atoms with Gasteiger partial charge in [0.15, 0.2) is 0 Å². The lowest BCUT2D eigenvalue weighted by atomic mass is 10.0. The fraction of sp³-hybridized carbons (Fsp3) is 0.125. The van der Waals surface area contributed by atoms with Crippen LogP contribution in [-0.2, 0) is 21.4 Å². The van der Waals surface area contributed by atoms with Crippen LogP contribution in [0.1, 0.15) is 17.0 Å². The number of primary sulfonamides is 1. The molecule has 24 heavy (non-hydrogen) atoms. The van der Waals surface area contributed by atoms with Crippen LogP contribution in [0.3, 0.4) is 0 Å². The van der Waals surface area contributed by atoms with Crippen molar-refractivity contribution in [1.82, 2.24) is 0 Å². The van der Waals surface area contributed by atoms with Crippen molar-refractivity contribution in [3.8, 4) is 0 Å². The molecule has 1 unspecified atom stereocenters. The number of hydrogen-bond acceptors (Lipinski definition) is 5. The Morgan fingerprint density at radius 1 is 1.21 bits per heavy atom. The number of sulfonamides is 1. The van der Waals surface area contributed by atoms with Crippen molar-refractivity contribution >= 4 is 33.5 Å². The summed E-state index contributed by atoms with van der Waals surface area (Å²) in [5, 5.41) is 16.9. The summed E-state index contributed by atoms with van der Waals surface area (Å²) in [6, 6.07) is 11.0. The Morgan fingerprint density at radius 2 is 1.92 bits per heavy atom. The van der Waals surface area contributed by atoms with Crippen LogP contribution in [0.2, 0.25) is 0 Å². The zero-order valence-corrected chi connectivity index (χ0v) is 13.3. The number of aliphatic hydroxyl groups excluding tert-OH is 1. The quantitative estimate of drug-likeness (QED) is 0.722. The summed E-state index contributed by atoms with van der Waals surface area (Å²) in [7, 11) is -3.74. The number of nitrogens with two attached hydrogens (primary N) is 1. The van der Waals surface area contributed by atoms with E-state index >= 15 is 0 Å². The molecule has 2 aromatic rings. The van der Waals surface area contributed by atoms with Gasteiger partial charge in [-0.3, -0.25) is 9.79 Å². The van der Waals surface area contributed by atoms with E-state index in [1.54, 1.807) is 18.2 Å². The van der Waals surface area contributed by atoms with Crippen molar-refractivity contribution in [2.45, 2.75) is 17.4 Å². The van der Waals surface area contributed by atoms with Gasteiger partial charge in [-0.2, -0.15) is 0 Å². The van der Waals surface area contributed by atoms with E-state index in [1.807, 2.05) is 0 Å². The van der Waals surface area contributed by atoms with E-state index in [9.17, 15) is 13.2 Å². The number of fused-ring (bicyclic) bond motifs is 1. The van der Waals surface area contributed by atoms with Crippen LogP contribution in [0.15, 0.2) is 52.4 Å². The molecule has 0 spiro atoms. The fourth-order valence-electron chi connectivity index (χ4n) is 2.46. The highest BCUT2D eigenvalue weighted by Crippen LogP contribution is 2.32. The summed E-state index contributed by atoms with van der Waals surface area (Å²) in [6.45, 7) is -0.0989. The molecule has 1 heterocycles. The van der Waals surface area contributed by atoms with Crippen LogP contribution in [0.25, 0.3) is 0 Å². The lowest BCUT2D eigenvalue weighted by molar-refractivity contribution is -0.115. The maximum atomic E-state index is 12.1. The van der Waals surface area contributed by atoms with E-state index in [4.69, 9.17) is 10.2 Å². The van der Waals surface area contributed by atoms with E-state index in [0.717, 1.165) is 5.56 Å². The third kappa shape index (κ3) is 3.21. The Bertz CT molecular complexity index is 921. The Kier molecular flexibility index (Phi) is 4.18. The van der Waals surface area contributed by atoms with Gasteiger partial charge in [-0.1, -0.05) is 12.1 Å². The molecule has 3 rings (SSSR count). The number of amides is 1. The molecule has 0 fully saturated rings. The molecule has 0 saturated heterocycles. The molecule has 124 valence electrons. The zero-order valence-electron chi connectivity index (χ0n) is 12.5. The van der Waals surface area contributed by atoms with Crippen LogP contribution >= 0.6 is 0 Å². The first-order chi connectivity index (χ1) is 11.4. The Hall–Kier alpha value is -2.55. The average molecular weight is 345 g/mol. The van der Waals surface area contributed by atoms with E-state index in [-0.39, 0.29) is 17.4 Å². The molecular weight excluding hydrogens is 330 g/mol. The number of nitrogens with zero attached hydrogens (tertiary/aromatic N) is 1. The van der Waals surface area contributed by atoms with Gasteiger partial charge in [-0.05, 0) is 41.5 Å². The molecule has 1 aliphatic heterocycles. The number of carbonyl (C=O) groups is 1. The minimum atomic E-state index is -3.74. The third-order valence-corrected chi connectivity index (χ3v) is 4.64. The molecule has 1 aliphatic rings. The number of rotatable bonds is 4. The predicted octanol–water partition coefficient (Wildman–Crippen LogP) is 1.26. The number of carbonyl (C=O) groups excluding carboxylic acids is 1. The molecule has 4 N–H and O–H groups in total. The van der Waals surface area contributed by atoms with Crippen molar-refractivity contribution < 1.29 is 18.3 Å². The van der Waals surface area contributed by atoms with Gasteiger partial charge in [0.25, 0.3) is 0 Å². The molecule has 0 aromatic heterocycles. The van der Waals surface area contributed by atoms with Crippen LogP contribution in [0, 0.1) is 0 Å². The largest absolute Gasteiger partial charge is 0.392 e. The number of anilines is 1. The number of aliphatic imine (C=N–C) groups is 1. The third-order valence-electron chi connectivity index (χ3n) is 3.71. The molecule has 0 bridgehead atoms. The van der Waals surface area contributed by atoms with Crippen molar-refractivity contribution in [3.05, 3.63) is 53.6 Å². The summed E-state index contributed by atoms with van der Waals surface area (Å²) in [6.07, 6.45) is 1.51. The number of aliphatic hydroxyl groups is 1. The molecule has 2 aromatic carbocycles. The summed E-state index contributed by atoms with van der Waals surface area (Å²) in [4.78, 5) is 16.3. The van der Waals surface area contributed by atoms with Gasteiger partial charge in [0, 0.05) is 11.9 Å². The minimum Gasteiger partial charge on any atom is -0.392 e. The maximum Gasteiger partial charge on any atom is 0.238 e. The normalized spacial score (nSPS) is 17.1. The smallest absolute Gasteiger partial charge is 0.238 e. The summed E-state index contributed by atoms with van der Waals surface area (Å²) in [5.74, 6) is -0.740. The van der Waals surface area contributed by atoms with Crippen LogP contribution in [-0.4, -0.2) is 25.6 Å². The standard InChI is InChI=1S/C16H15N3O4S/c17-24(22,23)12-4-2-11(3-5-12)18-8-14-13-6-1-10(9-20)7-15(13)19-16(14)21/h1-8,14,20H,9H2,(H,19,21)(H2,17,22,23). The molecule has 8 heteroatoms. The highest BCUT2D eigenvalue weighted by atomic mass is 32.2. The first-order valence-corrected chi connectivity index (χ1v) is 8.65. The van der Waals surface area contributed by atoms with Crippen LogP contribution in [0.4, 0.5) is 11.4 Å². The number of benzene rings is 2. The van der Waals surface area contributed by atoms with E-state index in [1.165, 1.54) is 30.5 Å². The highest BCUT2D eigenvalue weighted by molar-refractivity contribution is 7.89. The Morgan fingerprint density at radius 3 is 2.54 bits per heavy atom. The van der Waals surface area contributed by atoms with E-state index in [0.29, 0.717) is 16.9 Å². The fourth-order valence-corrected chi connectivity index (χ4v) is 2.98. The molecule has 7 nitrogen and oxygen atoms in total. The number of hydrogen-bond donors (Lipinski definition) is 3. The van der Waals surface area contributed by atoms with Gasteiger partial charge in [0.05, 0.1) is 17.2 Å².